The molecular weight excluding hydrogens is 615 g/mol. The first-order valence-corrected chi connectivity index (χ1v) is 14.9. The minimum absolute atomic E-state index is 0.118. The molecule has 41 heavy (non-hydrogen) atoms. The van der Waals surface area contributed by atoms with Crippen LogP contribution in [0.2, 0.25) is 10.0 Å². The van der Waals surface area contributed by atoms with Crippen molar-refractivity contribution in [2.75, 3.05) is 32.1 Å². The van der Waals surface area contributed by atoms with Gasteiger partial charge in [0.2, 0.25) is 0 Å². The lowest BCUT2D eigenvalue weighted by Crippen LogP contribution is -2.53. The maximum Gasteiger partial charge on any atom is 0.340 e. The Morgan fingerprint density at radius 1 is 1.17 bits per heavy atom. The Morgan fingerprint density at radius 3 is 2.37 bits per heavy atom. The molecule has 2 atom stereocenters. The molecule has 0 radical (unpaired) electrons. The van der Waals surface area contributed by atoms with Gasteiger partial charge >= 0.3 is 12.0 Å². The lowest BCUT2D eigenvalue weighted by molar-refractivity contribution is -0.124. The van der Waals surface area contributed by atoms with Gasteiger partial charge in [-0.25, -0.2) is 22.9 Å². The van der Waals surface area contributed by atoms with E-state index in [0.717, 1.165) is 9.21 Å². The van der Waals surface area contributed by atoms with Crippen molar-refractivity contribution in [2.45, 2.75) is 15.7 Å². The van der Waals surface area contributed by atoms with Crippen molar-refractivity contribution in [3.05, 3.63) is 74.6 Å². The molecular formula is C26H20Cl2N4O7S2. The molecule has 0 bridgehead atoms. The lowest BCUT2D eigenvalue weighted by Gasteiger charge is -2.33. The van der Waals surface area contributed by atoms with Crippen molar-refractivity contribution in [1.82, 2.24) is 9.21 Å². The van der Waals surface area contributed by atoms with E-state index in [0.29, 0.717) is 22.5 Å². The van der Waals surface area contributed by atoms with E-state index >= 15 is 0 Å². The number of anilines is 1. The number of thiophene rings is 1. The molecule has 2 aliphatic heterocycles. The van der Waals surface area contributed by atoms with E-state index in [-0.39, 0.29) is 37.8 Å². The number of carboxylic acid groups (broad SMARTS) is 1. The zero-order valence-corrected chi connectivity index (χ0v) is 24.5. The summed E-state index contributed by atoms with van der Waals surface area (Å²) in [7, 11) is -1.83. The molecule has 0 aliphatic carbocycles. The van der Waals surface area contributed by atoms with Crippen LogP contribution in [0, 0.1) is 11.3 Å². The van der Waals surface area contributed by atoms with Gasteiger partial charge in [0.05, 0.1) is 24.4 Å². The molecule has 3 heterocycles. The van der Waals surface area contributed by atoms with Gasteiger partial charge in [-0.3, -0.25) is 4.79 Å². The number of imide groups is 1. The van der Waals surface area contributed by atoms with Crippen LogP contribution in [0.15, 0.2) is 52.1 Å². The molecule has 5 rings (SSSR count). The van der Waals surface area contributed by atoms with Crippen molar-refractivity contribution >= 4 is 68.2 Å². The molecule has 3 amide bonds. The Labute approximate surface area is 248 Å². The number of benzene rings is 2. The number of hydrogen-bond acceptors (Lipinski definition) is 8. The summed E-state index contributed by atoms with van der Waals surface area (Å²) in [6, 6.07) is 11.9. The van der Waals surface area contributed by atoms with E-state index in [1.54, 1.807) is 12.1 Å². The number of hydrogen-bond donors (Lipinski definition) is 1. The second-order valence-corrected chi connectivity index (χ2v) is 13.3. The first kappa shape index (κ1) is 28.8. The SMILES string of the molecule is COc1c(C(=O)O)csc1S(=O)(=O)N1CC(c2ccc(C#N)cc2)C2(C1)C(=O)N(c1cc(Cl)cc(Cl)c1)C(=O)N2C. The zero-order valence-electron chi connectivity index (χ0n) is 21.4. The van der Waals surface area contributed by atoms with Crippen molar-refractivity contribution in [3.8, 4) is 11.8 Å². The summed E-state index contributed by atoms with van der Waals surface area (Å²) in [6.07, 6.45) is 0. The number of likely N-dealkylation sites (N-methyl/N-ethyl adjacent to an activating group) is 1. The zero-order chi connectivity index (χ0) is 29.9. The first-order chi connectivity index (χ1) is 19.4. The average Bonchev–Trinajstić information content (AvgIpc) is 3.60. The fraction of sp³-hybridized carbons (Fsp3) is 0.231. The predicted octanol–water partition coefficient (Wildman–Crippen LogP) is 4.26. The maximum absolute atomic E-state index is 14.3. The molecule has 1 aromatic heterocycles. The lowest BCUT2D eigenvalue weighted by atomic mass is 9.80. The van der Waals surface area contributed by atoms with Crippen LogP contribution in [-0.2, 0) is 14.8 Å². The number of carbonyl (C=O) groups is 3. The van der Waals surface area contributed by atoms with Crippen LogP contribution < -0.4 is 9.64 Å². The normalized spacial score (nSPS) is 21.1. The molecule has 1 spiro atoms. The van der Waals surface area contributed by atoms with Gasteiger partial charge in [-0.05, 0) is 35.9 Å². The second-order valence-electron chi connectivity index (χ2n) is 9.39. The number of nitrogens with zero attached hydrogens (tertiary/aromatic N) is 4. The topological polar surface area (TPSA) is 148 Å². The fourth-order valence-corrected chi connectivity index (χ4v) is 8.88. The number of amides is 3. The molecule has 3 aromatic rings. The van der Waals surface area contributed by atoms with Crippen molar-refractivity contribution in [3.63, 3.8) is 0 Å². The first-order valence-electron chi connectivity index (χ1n) is 11.8. The molecule has 2 unspecified atom stereocenters. The third kappa shape index (κ3) is 4.43. The third-order valence-electron chi connectivity index (χ3n) is 7.30. The third-order valence-corrected chi connectivity index (χ3v) is 11.0. The molecule has 11 nitrogen and oxygen atoms in total. The Kier molecular flexibility index (Phi) is 7.25. The number of halogens is 2. The highest BCUT2D eigenvalue weighted by Gasteiger charge is 2.66. The summed E-state index contributed by atoms with van der Waals surface area (Å²) < 4.78 is 33.8. The number of sulfonamides is 1. The van der Waals surface area contributed by atoms with Gasteiger partial charge in [0.25, 0.3) is 15.9 Å². The Balaban J connectivity index is 1.66. The molecule has 2 saturated heterocycles. The van der Waals surface area contributed by atoms with Crippen LogP contribution in [0.1, 0.15) is 27.4 Å². The summed E-state index contributed by atoms with van der Waals surface area (Å²) in [5, 5.41) is 20.3. The Morgan fingerprint density at radius 2 is 1.80 bits per heavy atom. The summed E-state index contributed by atoms with van der Waals surface area (Å²) in [6.45, 7) is -0.666. The highest BCUT2D eigenvalue weighted by atomic mass is 35.5. The van der Waals surface area contributed by atoms with Crippen LogP contribution in [-0.4, -0.2) is 73.4 Å². The number of nitriles is 1. The summed E-state index contributed by atoms with van der Waals surface area (Å²) in [4.78, 5) is 41.7. The van der Waals surface area contributed by atoms with Crippen LogP contribution in [0.25, 0.3) is 0 Å². The number of carboxylic acids is 1. The van der Waals surface area contributed by atoms with Gasteiger partial charge in [0.1, 0.15) is 11.1 Å². The molecule has 0 saturated carbocycles. The average molecular weight is 636 g/mol. The van der Waals surface area contributed by atoms with Crippen LogP contribution in [0.3, 0.4) is 0 Å². The van der Waals surface area contributed by atoms with Crippen molar-refractivity contribution < 1.29 is 32.6 Å². The van der Waals surface area contributed by atoms with E-state index < -0.39 is 45.9 Å². The molecule has 2 aliphatic rings. The number of aromatic carboxylic acids is 1. The summed E-state index contributed by atoms with van der Waals surface area (Å²) in [5.41, 5.74) is -1.03. The summed E-state index contributed by atoms with van der Waals surface area (Å²) in [5.74, 6) is -3.24. The highest BCUT2D eigenvalue weighted by Crippen LogP contribution is 2.49. The molecule has 212 valence electrons. The minimum Gasteiger partial charge on any atom is -0.494 e. The molecule has 2 aromatic carbocycles. The Bertz CT molecular complexity index is 1730. The van der Waals surface area contributed by atoms with Crippen molar-refractivity contribution in [1.29, 1.82) is 5.26 Å². The van der Waals surface area contributed by atoms with E-state index in [9.17, 15) is 33.2 Å². The minimum atomic E-state index is -4.41. The van der Waals surface area contributed by atoms with E-state index in [1.807, 2.05) is 6.07 Å². The fourth-order valence-electron chi connectivity index (χ4n) is 5.32. The van der Waals surface area contributed by atoms with Gasteiger partial charge in [0, 0.05) is 41.5 Å². The number of methoxy groups -OCH3 is 1. The Hall–Kier alpha value is -3.67. The van der Waals surface area contributed by atoms with Crippen LogP contribution in [0.4, 0.5) is 10.5 Å². The van der Waals surface area contributed by atoms with Gasteiger partial charge in [-0.2, -0.15) is 9.57 Å². The molecule has 15 heteroatoms. The highest BCUT2D eigenvalue weighted by molar-refractivity contribution is 7.91. The van der Waals surface area contributed by atoms with Gasteiger partial charge in [0.15, 0.2) is 9.96 Å². The quantitative estimate of drug-likeness (QED) is 0.395. The van der Waals surface area contributed by atoms with Gasteiger partial charge < -0.3 is 14.7 Å². The largest absolute Gasteiger partial charge is 0.494 e. The van der Waals surface area contributed by atoms with Gasteiger partial charge in [-0.1, -0.05) is 35.3 Å². The van der Waals surface area contributed by atoms with E-state index in [2.05, 4.69) is 0 Å². The van der Waals surface area contributed by atoms with Crippen molar-refractivity contribution in [2.24, 2.45) is 0 Å². The number of carbonyl (C=O) groups excluding carboxylic acids is 2. The van der Waals surface area contributed by atoms with Gasteiger partial charge in [-0.15, -0.1) is 11.3 Å². The smallest absolute Gasteiger partial charge is 0.340 e. The van der Waals surface area contributed by atoms with E-state index in [4.69, 9.17) is 27.9 Å². The summed E-state index contributed by atoms with van der Waals surface area (Å²) >= 11 is 13.0. The predicted molar refractivity (Wildman–Crippen MR) is 150 cm³/mol. The van der Waals surface area contributed by atoms with E-state index in [1.165, 1.54) is 54.8 Å². The standard InChI is InChI=1S/C26H20Cl2N4O7S2/c1-30-25(36)32(18-8-16(27)7-17(28)9-18)24(35)26(30)13-31(11-20(26)15-5-3-14(10-29)4-6-15)41(37,38)23-21(39-2)19(12-40-23)22(33)34/h3-9,12,20H,11,13H2,1-2H3,(H,33,34). The maximum atomic E-state index is 14.3. The monoisotopic (exact) mass is 634 g/mol. The number of urea groups is 1. The van der Waals surface area contributed by atoms with Crippen LogP contribution >= 0.6 is 34.5 Å². The number of rotatable bonds is 6. The molecule has 1 N–H and O–H groups in total. The second kappa shape index (κ2) is 10.3. The number of ether oxygens (including phenoxy) is 1. The van der Waals surface area contributed by atoms with Crippen LogP contribution in [0.5, 0.6) is 5.75 Å². The molecule has 2 fully saturated rings.